The van der Waals surface area contributed by atoms with Gasteiger partial charge in [-0.2, -0.15) is 8.42 Å². The van der Waals surface area contributed by atoms with E-state index in [1.165, 1.54) is 25.7 Å². The molecule has 0 fully saturated rings. The topological polar surface area (TPSA) is 91.7 Å². The third kappa shape index (κ3) is 17.6. The molecule has 8 heteroatoms. The zero-order valence-electron chi connectivity index (χ0n) is 15.0. The Hall–Kier alpha value is 1.38. The summed E-state index contributed by atoms with van der Waals surface area (Å²) >= 11 is 0. The fourth-order valence-electron chi connectivity index (χ4n) is 1.86. The smallest absolute Gasteiger partial charge is 1.00 e. The summed E-state index contributed by atoms with van der Waals surface area (Å²) in [6.07, 6.45) is 8.25. The largest absolute Gasteiger partial charge is 1.00 e. The molecule has 0 aromatic carbocycles. The van der Waals surface area contributed by atoms with Gasteiger partial charge in [-0.1, -0.05) is 65.7 Å². The van der Waals surface area contributed by atoms with E-state index >= 15 is 0 Å². The molecule has 1 unspecified atom stereocenters. The van der Waals surface area contributed by atoms with Gasteiger partial charge in [0.25, 0.3) is 10.1 Å². The summed E-state index contributed by atoms with van der Waals surface area (Å²) in [4.78, 5) is 10.6. The predicted molar refractivity (Wildman–Crippen MR) is 79.2 cm³/mol. The number of carbonyl (C=O) groups is 1. The second-order valence-corrected chi connectivity index (χ2v) is 6.20. The van der Waals surface area contributed by atoms with Crippen LogP contribution in [0.2, 0.25) is 0 Å². The van der Waals surface area contributed by atoms with Gasteiger partial charge < -0.3 is 7.96 Å². The molecule has 0 aromatic heterocycles. The Labute approximate surface area is 177 Å². The average molecular weight is 344 g/mol. The molecule has 5 nitrogen and oxygen atoms in total. The molecule has 0 radical (unpaired) electrons. The Morgan fingerprint density at radius 3 is 1.71 bits per heavy atom. The van der Waals surface area contributed by atoms with E-state index in [1.807, 2.05) is 0 Å². The van der Waals surface area contributed by atoms with Crippen LogP contribution in [-0.2, 0) is 14.9 Å². The van der Waals surface area contributed by atoms with Crippen LogP contribution < -0.4 is 59.1 Å². The summed E-state index contributed by atoms with van der Waals surface area (Å²) in [5.74, 6) is -1.47. The van der Waals surface area contributed by atoms with Gasteiger partial charge in [0, 0.05) is 0 Å². The second-order valence-electron chi connectivity index (χ2n) is 4.61. The summed E-state index contributed by atoms with van der Waals surface area (Å²) in [5.41, 5.74) is 0. The SMILES string of the molecule is C.CCCCCCCCCCC(C(=O)O)S(=O)(=O)O.[H-].[H-].[Na+].[Na+]. The minimum absolute atomic E-state index is 0. The van der Waals surface area contributed by atoms with Crippen LogP contribution in [0.15, 0.2) is 0 Å². The first-order valence-electron chi connectivity index (χ1n) is 6.58. The molecule has 0 aromatic rings. The summed E-state index contributed by atoms with van der Waals surface area (Å²) in [6, 6.07) is 0. The minimum Gasteiger partial charge on any atom is -1.00 e. The third-order valence-corrected chi connectivity index (χ3v) is 4.11. The number of hydrogen-bond donors (Lipinski definition) is 2. The summed E-state index contributed by atoms with van der Waals surface area (Å²) < 4.78 is 30.3. The average Bonchev–Trinajstić information content (AvgIpc) is 2.24. The van der Waals surface area contributed by atoms with Gasteiger partial charge in [-0.15, -0.1) is 0 Å². The van der Waals surface area contributed by atoms with E-state index in [0.29, 0.717) is 6.42 Å². The Kier molecular flexibility index (Phi) is 25.6. The molecule has 0 heterocycles. The summed E-state index contributed by atoms with van der Waals surface area (Å²) in [6.45, 7) is 2.15. The van der Waals surface area contributed by atoms with Crippen molar-refractivity contribution in [2.24, 2.45) is 0 Å². The van der Waals surface area contributed by atoms with Crippen LogP contribution in [0.3, 0.4) is 0 Å². The van der Waals surface area contributed by atoms with Crippen LogP contribution in [0.1, 0.15) is 75.0 Å². The molecule has 0 amide bonds. The molecule has 0 saturated carbocycles. The predicted octanol–water partition coefficient (Wildman–Crippen LogP) is -2.27. The van der Waals surface area contributed by atoms with Gasteiger partial charge in [0.15, 0.2) is 5.25 Å². The van der Waals surface area contributed by atoms with E-state index in [0.717, 1.165) is 19.3 Å². The molecule has 0 spiro atoms. The number of hydrogen-bond acceptors (Lipinski definition) is 3. The Morgan fingerprint density at radius 1 is 1.00 bits per heavy atom. The molecular formula is C13H30Na2O5S. The summed E-state index contributed by atoms with van der Waals surface area (Å²) in [5, 5.41) is 7.00. The Balaban J connectivity index is -0.000000144. The van der Waals surface area contributed by atoms with Gasteiger partial charge in [-0.3, -0.25) is 9.35 Å². The van der Waals surface area contributed by atoms with Gasteiger partial charge in [-0.25, -0.2) is 0 Å². The van der Waals surface area contributed by atoms with E-state index in [9.17, 15) is 13.2 Å². The van der Waals surface area contributed by atoms with Gasteiger partial charge in [-0.05, 0) is 6.42 Å². The molecule has 1 atom stereocenters. The van der Waals surface area contributed by atoms with Crippen molar-refractivity contribution >= 4 is 16.1 Å². The molecule has 0 bridgehead atoms. The maximum atomic E-state index is 10.8. The van der Waals surface area contributed by atoms with E-state index < -0.39 is 21.3 Å². The van der Waals surface area contributed by atoms with Gasteiger partial charge >= 0.3 is 65.1 Å². The van der Waals surface area contributed by atoms with Crippen molar-refractivity contribution in [3.05, 3.63) is 0 Å². The van der Waals surface area contributed by atoms with Gasteiger partial charge in [0.05, 0.1) is 0 Å². The number of carboxylic acids is 1. The molecule has 2 N–H and O–H groups in total. The molecule has 0 aliphatic rings. The van der Waals surface area contributed by atoms with Crippen molar-refractivity contribution in [3.8, 4) is 0 Å². The van der Waals surface area contributed by atoms with E-state index in [1.54, 1.807) is 0 Å². The molecule has 0 aliphatic heterocycles. The molecule has 0 saturated heterocycles. The second kappa shape index (κ2) is 17.7. The van der Waals surface area contributed by atoms with Crippen molar-refractivity contribution in [2.45, 2.75) is 77.4 Å². The van der Waals surface area contributed by atoms with Crippen LogP contribution >= 0.6 is 0 Å². The van der Waals surface area contributed by atoms with Crippen molar-refractivity contribution in [2.75, 3.05) is 0 Å². The molecular weight excluding hydrogens is 314 g/mol. The third-order valence-electron chi connectivity index (χ3n) is 2.95. The van der Waals surface area contributed by atoms with E-state index in [-0.39, 0.29) is 75.8 Å². The Bertz CT molecular complexity index is 343. The van der Waals surface area contributed by atoms with Crippen LogP contribution in [0, 0.1) is 0 Å². The molecule has 0 rings (SSSR count). The van der Waals surface area contributed by atoms with Crippen LogP contribution in [-0.4, -0.2) is 29.3 Å². The number of rotatable bonds is 11. The normalized spacial score (nSPS) is 11.5. The molecule has 21 heavy (non-hydrogen) atoms. The maximum Gasteiger partial charge on any atom is 1.00 e. The van der Waals surface area contributed by atoms with Crippen LogP contribution in [0.5, 0.6) is 0 Å². The number of aliphatic carboxylic acids is 1. The van der Waals surface area contributed by atoms with Crippen molar-refractivity contribution < 1.29 is 84.8 Å². The number of carboxylic acid groups (broad SMARTS) is 1. The monoisotopic (exact) mass is 344 g/mol. The first-order valence-corrected chi connectivity index (χ1v) is 8.09. The van der Waals surface area contributed by atoms with Crippen LogP contribution in [0.4, 0.5) is 0 Å². The first-order chi connectivity index (χ1) is 8.39. The van der Waals surface area contributed by atoms with Crippen molar-refractivity contribution in [1.82, 2.24) is 0 Å². The summed E-state index contributed by atoms with van der Waals surface area (Å²) in [7, 11) is -4.47. The quantitative estimate of drug-likeness (QED) is 0.250. The van der Waals surface area contributed by atoms with Gasteiger partial charge in [0.2, 0.25) is 0 Å². The number of unbranched alkanes of at least 4 members (excludes halogenated alkanes) is 7. The Morgan fingerprint density at radius 2 is 1.38 bits per heavy atom. The van der Waals surface area contributed by atoms with Crippen molar-refractivity contribution in [1.29, 1.82) is 0 Å². The van der Waals surface area contributed by atoms with Gasteiger partial charge in [0.1, 0.15) is 0 Å². The maximum absolute atomic E-state index is 10.8. The standard InChI is InChI=1S/C12H24O5S.CH4.2Na.2H/c1-2-3-4-5-6-7-8-9-10-11(12(13)14)18(15,16)17;;;;;/h11H,2-10H2,1H3,(H,13,14)(H,15,16,17);1H4;;;;/q;;2*+1;2*-1. The molecule has 120 valence electrons. The zero-order valence-corrected chi connectivity index (χ0v) is 17.8. The first kappa shape index (κ1) is 30.3. The minimum atomic E-state index is -4.47. The van der Waals surface area contributed by atoms with E-state index in [2.05, 4.69) is 6.92 Å². The molecule has 0 aliphatic carbocycles. The fraction of sp³-hybridized carbons (Fsp3) is 0.923. The van der Waals surface area contributed by atoms with E-state index in [4.69, 9.17) is 9.66 Å². The zero-order chi connectivity index (χ0) is 14.0. The fourth-order valence-corrected chi connectivity index (χ4v) is 2.58. The van der Waals surface area contributed by atoms with Crippen LogP contribution in [0.25, 0.3) is 0 Å². The van der Waals surface area contributed by atoms with Crippen molar-refractivity contribution in [3.63, 3.8) is 0 Å².